The number of ketones is 1. The van der Waals surface area contributed by atoms with Gasteiger partial charge in [0.15, 0.2) is 5.78 Å². The Morgan fingerprint density at radius 1 is 1.13 bits per heavy atom. The Kier molecular flexibility index (Phi) is 6.83. The number of nitrogens with one attached hydrogen (secondary N) is 2. The van der Waals surface area contributed by atoms with Crippen LogP contribution in [-0.2, 0) is 13.0 Å². The Balaban J connectivity index is 2.26. The minimum atomic E-state index is -0.286. The van der Waals surface area contributed by atoms with E-state index in [0.29, 0.717) is 17.3 Å². The molecule has 2 N–H and O–H groups in total. The number of anilines is 1. The normalized spacial score (nSPS) is 11.1. The zero-order valence-electron chi connectivity index (χ0n) is 17.9. The Hall–Kier alpha value is -2.79. The summed E-state index contributed by atoms with van der Waals surface area (Å²) in [6.07, 6.45) is 1.70. The quantitative estimate of drug-likeness (QED) is 0.464. The van der Waals surface area contributed by atoms with E-state index in [1.807, 2.05) is 56.3 Å². The number of carbonyl (C=O) groups excluding carboxylic acids is 2. The van der Waals surface area contributed by atoms with Crippen LogP contribution in [0.4, 0.5) is 10.5 Å². The lowest BCUT2D eigenvalue weighted by Gasteiger charge is -2.14. The van der Waals surface area contributed by atoms with Crippen molar-refractivity contribution >= 4 is 40.0 Å². The van der Waals surface area contributed by atoms with Gasteiger partial charge in [-0.15, -0.1) is 0 Å². The fraction of sp³-hybridized carbons (Fsp3) is 0.333. The summed E-state index contributed by atoms with van der Waals surface area (Å²) < 4.78 is 2.17. The van der Waals surface area contributed by atoms with E-state index in [-0.39, 0.29) is 17.7 Å². The molecule has 0 aliphatic rings. The maximum Gasteiger partial charge on any atom is 0.318 e. The molecule has 0 radical (unpaired) electrons. The molecule has 0 saturated heterocycles. The van der Waals surface area contributed by atoms with Crippen LogP contribution in [0.3, 0.4) is 0 Å². The van der Waals surface area contributed by atoms with Gasteiger partial charge in [-0.2, -0.15) is 0 Å². The van der Waals surface area contributed by atoms with Crippen molar-refractivity contribution < 1.29 is 9.59 Å². The molecular weight excluding hydrogens is 398 g/mol. The van der Waals surface area contributed by atoms with Crippen molar-refractivity contribution in [3.05, 3.63) is 64.3 Å². The number of Topliss-reactive ketones (excluding diaryl/α,β-unsaturated/α-hetero) is 1. The van der Waals surface area contributed by atoms with Crippen LogP contribution in [0.2, 0.25) is 5.02 Å². The molecule has 158 valence electrons. The van der Waals surface area contributed by atoms with Crippen molar-refractivity contribution in [1.82, 2.24) is 9.88 Å². The third-order valence-corrected chi connectivity index (χ3v) is 5.57. The van der Waals surface area contributed by atoms with Gasteiger partial charge in [-0.05, 0) is 30.2 Å². The molecule has 0 fully saturated rings. The molecule has 0 saturated carbocycles. The second kappa shape index (κ2) is 9.35. The van der Waals surface area contributed by atoms with E-state index in [1.165, 1.54) is 0 Å². The standard InChI is InChI=1S/C24H28ClN3O2/c1-5-8-20-22(23(29)15(2)3)18-12-11-17(27-24(30)26-4)13-21(18)28(20)14-16-9-6-7-10-19(16)25/h6-7,9-13,15H,5,8,14H2,1-4H3,(H2,26,27,30). The van der Waals surface area contributed by atoms with Gasteiger partial charge in [-0.25, -0.2) is 4.79 Å². The molecule has 0 aliphatic heterocycles. The zero-order chi connectivity index (χ0) is 21.8. The van der Waals surface area contributed by atoms with Crippen LogP contribution in [0.15, 0.2) is 42.5 Å². The molecule has 1 heterocycles. The Labute approximate surface area is 182 Å². The van der Waals surface area contributed by atoms with Crippen LogP contribution in [0.25, 0.3) is 10.9 Å². The van der Waals surface area contributed by atoms with Crippen LogP contribution < -0.4 is 10.6 Å². The van der Waals surface area contributed by atoms with Gasteiger partial charge in [0.25, 0.3) is 0 Å². The topological polar surface area (TPSA) is 63.1 Å². The van der Waals surface area contributed by atoms with Gasteiger partial charge in [0.2, 0.25) is 0 Å². The molecule has 30 heavy (non-hydrogen) atoms. The smallest absolute Gasteiger partial charge is 0.318 e. The van der Waals surface area contributed by atoms with Crippen LogP contribution in [-0.4, -0.2) is 23.4 Å². The Bertz CT molecular complexity index is 1090. The van der Waals surface area contributed by atoms with E-state index in [9.17, 15) is 9.59 Å². The maximum absolute atomic E-state index is 13.2. The largest absolute Gasteiger partial charge is 0.341 e. The third-order valence-electron chi connectivity index (χ3n) is 5.20. The second-order valence-electron chi connectivity index (χ2n) is 7.70. The summed E-state index contributed by atoms with van der Waals surface area (Å²) in [6.45, 7) is 6.52. The molecule has 1 aromatic heterocycles. The van der Waals surface area contributed by atoms with Crippen molar-refractivity contribution in [3.63, 3.8) is 0 Å². The van der Waals surface area contributed by atoms with Crippen molar-refractivity contribution in [2.24, 2.45) is 5.92 Å². The monoisotopic (exact) mass is 425 g/mol. The van der Waals surface area contributed by atoms with Crippen LogP contribution in [0.5, 0.6) is 0 Å². The third kappa shape index (κ3) is 4.36. The van der Waals surface area contributed by atoms with Gasteiger partial charge in [0.1, 0.15) is 0 Å². The predicted molar refractivity (Wildman–Crippen MR) is 124 cm³/mol. The van der Waals surface area contributed by atoms with Gasteiger partial charge in [-0.1, -0.05) is 63.1 Å². The molecule has 5 nitrogen and oxygen atoms in total. The molecule has 3 aromatic rings. The van der Waals surface area contributed by atoms with Gasteiger partial charge in [-0.3, -0.25) is 4.79 Å². The first-order chi connectivity index (χ1) is 14.4. The van der Waals surface area contributed by atoms with E-state index < -0.39 is 0 Å². The number of halogens is 1. The van der Waals surface area contributed by atoms with Gasteiger partial charge >= 0.3 is 6.03 Å². The number of carbonyl (C=O) groups is 2. The molecule has 0 aliphatic carbocycles. The average Bonchev–Trinajstić information content (AvgIpc) is 3.01. The number of benzene rings is 2. The minimum Gasteiger partial charge on any atom is -0.341 e. The average molecular weight is 426 g/mol. The lowest BCUT2D eigenvalue weighted by Crippen LogP contribution is -2.24. The fourth-order valence-corrected chi connectivity index (χ4v) is 3.91. The summed E-state index contributed by atoms with van der Waals surface area (Å²) >= 11 is 6.45. The van der Waals surface area contributed by atoms with Crippen molar-refractivity contribution in [3.8, 4) is 0 Å². The van der Waals surface area contributed by atoms with E-state index in [0.717, 1.165) is 40.6 Å². The molecular formula is C24H28ClN3O2. The fourth-order valence-electron chi connectivity index (χ4n) is 3.71. The van der Waals surface area contributed by atoms with Crippen LogP contribution in [0, 0.1) is 5.92 Å². The molecule has 2 aromatic carbocycles. The first-order valence-corrected chi connectivity index (χ1v) is 10.7. The number of fused-ring (bicyclic) bond motifs is 1. The minimum absolute atomic E-state index is 0.108. The van der Waals surface area contributed by atoms with E-state index in [4.69, 9.17) is 11.6 Å². The van der Waals surface area contributed by atoms with E-state index in [1.54, 1.807) is 7.05 Å². The Morgan fingerprint density at radius 2 is 1.87 bits per heavy atom. The van der Waals surface area contributed by atoms with E-state index >= 15 is 0 Å². The van der Waals surface area contributed by atoms with Gasteiger partial charge < -0.3 is 15.2 Å². The molecule has 0 atom stereocenters. The van der Waals surface area contributed by atoms with Crippen molar-refractivity contribution in [2.45, 2.75) is 40.2 Å². The highest BCUT2D eigenvalue weighted by molar-refractivity contribution is 6.31. The summed E-state index contributed by atoms with van der Waals surface area (Å²) in [6, 6.07) is 13.2. The highest BCUT2D eigenvalue weighted by Gasteiger charge is 2.24. The van der Waals surface area contributed by atoms with Gasteiger partial charge in [0.05, 0.1) is 5.52 Å². The SMILES string of the molecule is CCCc1c(C(=O)C(C)C)c2ccc(NC(=O)NC)cc2n1Cc1ccccc1Cl. The highest BCUT2D eigenvalue weighted by Crippen LogP contribution is 2.33. The molecule has 0 spiro atoms. The second-order valence-corrected chi connectivity index (χ2v) is 8.11. The van der Waals surface area contributed by atoms with E-state index in [2.05, 4.69) is 22.1 Å². The number of urea groups is 1. The lowest BCUT2D eigenvalue weighted by molar-refractivity contribution is 0.0939. The number of amides is 2. The first-order valence-electron chi connectivity index (χ1n) is 10.3. The molecule has 2 amide bonds. The lowest BCUT2D eigenvalue weighted by atomic mass is 9.96. The zero-order valence-corrected chi connectivity index (χ0v) is 18.6. The van der Waals surface area contributed by atoms with Crippen molar-refractivity contribution in [1.29, 1.82) is 0 Å². The molecule has 3 rings (SSSR count). The summed E-state index contributed by atoms with van der Waals surface area (Å²) in [5.74, 6) is 0.0250. The summed E-state index contributed by atoms with van der Waals surface area (Å²) in [7, 11) is 1.58. The first kappa shape index (κ1) is 21.9. The molecule has 6 heteroatoms. The molecule has 0 unspecified atom stereocenters. The maximum atomic E-state index is 13.2. The number of nitrogens with zero attached hydrogens (tertiary/aromatic N) is 1. The summed E-state index contributed by atoms with van der Waals surface area (Å²) in [5.41, 5.74) is 4.37. The number of aromatic nitrogens is 1. The van der Waals surface area contributed by atoms with Gasteiger partial charge in [0, 0.05) is 46.9 Å². The Morgan fingerprint density at radius 3 is 2.50 bits per heavy atom. The number of hydrogen-bond acceptors (Lipinski definition) is 2. The van der Waals surface area contributed by atoms with Crippen molar-refractivity contribution in [2.75, 3.05) is 12.4 Å². The van der Waals surface area contributed by atoms with Crippen LogP contribution in [0.1, 0.15) is 48.8 Å². The predicted octanol–water partition coefficient (Wildman–Crippen LogP) is 5.89. The summed E-state index contributed by atoms with van der Waals surface area (Å²) in [4.78, 5) is 25.0. The number of hydrogen-bond donors (Lipinski definition) is 2. The summed E-state index contributed by atoms with van der Waals surface area (Å²) in [5, 5.41) is 6.99. The number of rotatable bonds is 7. The highest BCUT2D eigenvalue weighted by atomic mass is 35.5. The van der Waals surface area contributed by atoms with Crippen LogP contribution >= 0.6 is 11.6 Å². The molecule has 0 bridgehead atoms.